The second-order valence-electron chi connectivity index (χ2n) is 9.41. The summed E-state index contributed by atoms with van der Waals surface area (Å²) in [6.07, 6.45) is 2.86. The number of amides is 2. The first-order valence-electron chi connectivity index (χ1n) is 12.1. The molecule has 3 unspecified atom stereocenters. The summed E-state index contributed by atoms with van der Waals surface area (Å²) in [5.74, 6) is -1.65. The lowest BCUT2D eigenvalue weighted by molar-refractivity contribution is -0.154. The highest BCUT2D eigenvalue weighted by Gasteiger charge is 2.76. The van der Waals surface area contributed by atoms with E-state index < -0.39 is 22.6 Å². The van der Waals surface area contributed by atoms with Crippen molar-refractivity contribution in [3.63, 3.8) is 0 Å². The van der Waals surface area contributed by atoms with Gasteiger partial charge in [-0.25, -0.2) is 0 Å². The number of benzene rings is 1. The van der Waals surface area contributed by atoms with Gasteiger partial charge in [0.15, 0.2) is 0 Å². The minimum atomic E-state index is -0.690. The van der Waals surface area contributed by atoms with Crippen LogP contribution in [0.1, 0.15) is 32.3 Å². The summed E-state index contributed by atoms with van der Waals surface area (Å²) in [5.41, 5.74) is 0.999. The lowest BCUT2D eigenvalue weighted by atomic mass is 9.66. The largest absolute Gasteiger partial charge is 0.466 e. The molecule has 0 aliphatic carbocycles. The quantitative estimate of drug-likeness (QED) is 0.404. The first kappa shape index (κ1) is 24.8. The summed E-state index contributed by atoms with van der Waals surface area (Å²) in [7, 11) is 0. The number of thioether (sulfide) groups is 1. The van der Waals surface area contributed by atoms with Crippen LogP contribution >= 0.6 is 11.8 Å². The smallest absolute Gasteiger partial charge is 0.310 e. The number of likely N-dealkylation sites (tertiary alicyclic amines) is 1. The Balaban J connectivity index is 1.73. The molecule has 3 heterocycles. The van der Waals surface area contributed by atoms with E-state index in [1.807, 2.05) is 30.3 Å². The number of rotatable bonds is 10. The van der Waals surface area contributed by atoms with Gasteiger partial charge in [0.05, 0.1) is 23.2 Å². The zero-order valence-electron chi connectivity index (χ0n) is 19.9. The average molecular weight is 487 g/mol. The summed E-state index contributed by atoms with van der Waals surface area (Å²) in [6.45, 7) is 8.95. The Morgan fingerprint density at radius 2 is 2.09 bits per heavy atom. The molecule has 0 aromatic heterocycles. The Bertz CT molecular complexity index is 940. The number of hydrogen-bond donors (Lipinski definition) is 1. The van der Waals surface area contributed by atoms with Gasteiger partial charge in [0.25, 0.3) is 0 Å². The predicted molar refractivity (Wildman–Crippen MR) is 131 cm³/mol. The van der Waals surface area contributed by atoms with E-state index in [-0.39, 0.29) is 48.7 Å². The van der Waals surface area contributed by atoms with E-state index in [1.165, 1.54) is 0 Å². The van der Waals surface area contributed by atoms with Crippen molar-refractivity contribution >= 4 is 29.5 Å². The second-order valence-corrected chi connectivity index (χ2v) is 11.0. The van der Waals surface area contributed by atoms with Crippen molar-refractivity contribution in [2.24, 2.45) is 17.8 Å². The van der Waals surface area contributed by atoms with Crippen LogP contribution in [0.2, 0.25) is 0 Å². The molecule has 4 rings (SSSR count). The van der Waals surface area contributed by atoms with Gasteiger partial charge in [-0.2, -0.15) is 0 Å². The molecular weight excluding hydrogens is 452 g/mol. The average Bonchev–Trinajstić information content (AvgIpc) is 3.41. The fourth-order valence-corrected chi connectivity index (χ4v) is 8.56. The minimum absolute atomic E-state index is 0.0275. The molecule has 0 radical (unpaired) electrons. The highest BCUT2D eigenvalue weighted by Crippen LogP contribution is 2.68. The Morgan fingerprint density at radius 3 is 2.74 bits per heavy atom. The maximum absolute atomic E-state index is 14.2. The Kier molecular flexibility index (Phi) is 7.38. The van der Waals surface area contributed by atoms with Gasteiger partial charge in [-0.3, -0.25) is 14.4 Å². The molecule has 3 fully saturated rings. The van der Waals surface area contributed by atoms with Crippen LogP contribution in [-0.4, -0.2) is 75.0 Å². The maximum atomic E-state index is 14.2. The molecule has 1 aromatic carbocycles. The van der Waals surface area contributed by atoms with Crippen molar-refractivity contribution in [3.8, 4) is 0 Å². The Labute approximate surface area is 205 Å². The fourth-order valence-electron chi connectivity index (χ4n) is 6.15. The highest BCUT2D eigenvalue weighted by atomic mass is 32.2. The molecule has 34 heavy (non-hydrogen) atoms. The van der Waals surface area contributed by atoms with Crippen LogP contribution in [-0.2, 0) is 25.7 Å². The van der Waals surface area contributed by atoms with Gasteiger partial charge in [-0.05, 0) is 31.2 Å². The first-order chi connectivity index (χ1) is 16.4. The minimum Gasteiger partial charge on any atom is -0.466 e. The predicted octanol–water partition coefficient (Wildman–Crippen LogP) is 2.48. The van der Waals surface area contributed by atoms with Gasteiger partial charge in [0.2, 0.25) is 11.8 Å². The molecule has 1 N–H and O–H groups in total. The number of esters is 1. The van der Waals surface area contributed by atoms with Crippen molar-refractivity contribution in [1.82, 2.24) is 9.80 Å². The third-order valence-electron chi connectivity index (χ3n) is 7.47. The number of fused-ring (bicyclic) bond motifs is 1. The van der Waals surface area contributed by atoms with E-state index in [9.17, 15) is 19.5 Å². The molecule has 0 saturated carbocycles. The van der Waals surface area contributed by atoms with Crippen LogP contribution in [0.25, 0.3) is 0 Å². The van der Waals surface area contributed by atoms with Gasteiger partial charge < -0.3 is 19.6 Å². The number of hydrogen-bond acceptors (Lipinski definition) is 6. The standard InChI is InChI=1S/C26H34N2O5S/c1-4-12-27(16-18-10-7-6-8-11-18)24(31)22-26-17(3)15-19(34-26)20(25(32)33-5-2)21(26)23(30)28(22)13-9-14-29/h4,6-8,10-11,17,19-22,29H,1,5,9,12-16H2,2-3H3/t17?,19-,20+,21+,22?,26?/m1/s1. The summed E-state index contributed by atoms with van der Waals surface area (Å²) < 4.78 is 4.69. The SMILES string of the molecule is C=CCN(Cc1ccccc1)C(=O)C1N(CCCO)C(=O)[C@@H]2[C@@H](C(=O)OCC)[C@H]3CC(C)C12S3. The van der Waals surface area contributed by atoms with Crippen LogP contribution in [0.5, 0.6) is 0 Å². The maximum Gasteiger partial charge on any atom is 0.310 e. The van der Waals surface area contributed by atoms with E-state index in [4.69, 9.17) is 4.74 Å². The number of aliphatic hydroxyl groups excluding tert-OH is 1. The number of ether oxygens (including phenoxy) is 1. The van der Waals surface area contributed by atoms with Crippen LogP contribution < -0.4 is 0 Å². The van der Waals surface area contributed by atoms with Crippen molar-refractivity contribution in [2.45, 2.75) is 49.3 Å². The summed E-state index contributed by atoms with van der Waals surface area (Å²) in [6, 6.07) is 9.07. The molecule has 3 aliphatic rings. The molecule has 2 bridgehead atoms. The van der Waals surface area contributed by atoms with Crippen molar-refractivity contribution in [2.75, 3.05) is 26.3 Å². The number of aliphatic hydroxyl groups is 1. The van der Waals surface area contributed by atoms with E-state index >= 15 is 0 Å². The van der Waals surface area contributed by atoms with Crippen LogP contribution in [0.3, 0.4) is 0 Å². The zero-order chi connectivity index (χ0) is 24.5. The monoisotopic (exact) mass is 486 g/mol. The van der Waals surface area contributed by atoms with Crippen LogP contribution in [0, 0.1) is 17.8 Å². The van der Waals surface area contributed by atoms with Gasteiger partial charge in [0, 0.05) is 31.5 Å². The van der Waals surface area contributed by atoms with Crippen molar-refractivity contribution in [1.29, 1.82) is 0 Å². The van der Waals surface area contributed by atoms with Gasteiger partial charge in [-0.15, -0.1) is 18.3 Å². The van der Waals surface area contributed by atoms with E-state index in [0.29, 0.717) is 19.5 Å². The summed E-state index contributed by atoms with van der Waals surface area (Å²) in [4.78, 5) is 44.4. The molecule has 6 atom stereocenters. The fraction of sp³-hybridized carbons (Fsp3) is 0.577. The van der Waals surface area contributed by atoms with Crippen molar-refractivity contribution < 1.29 is 24.2 Å². The molecular formula is C26H34N2O5S. The van der Waals surface area contributed by atoms with E-state index in [2.05, 4.69) is 13.5 Å². The zero-order valence-corrected chi connectivity index (χ0v) is 20.7. The van der Waals surface area contributed by atoms with E-state index in [1.54, 1.807) is 34.6 Å². The first-order valence-corrected chi connectivity index (χ1v) is 13.0. The summed E-state index contributed by atoms with van der Waals surface area (Å²) >= 11 is 1.64. The number of nitrogens with zero attached hydrogens (tertiary/aromatic N) is 2. The molecule has 7 nitrogen and oxygen atoms in total. The molecule has 3 saturated heterocycles. The number of carbonyl (C=O) groups is 3. The van der Waals surface area contributed by atoms with Gasteiger partial charge >= 0.3 is 5.97 Å². The molecule has 184 valence electrons. The van der Waals surface area contributed by atoms with Crippen LogP contribution in [0.4, 0.5) is 0 Å². The Hall–Kier alpha value is -2.32. The molecule has 8 heteroatoms. The molecule has 1 spiro atoms. The third-order valence-corrected chi connectivity index (χ3v) is 9.55. The van der Waals surface area contributed by atoms with Gasteiger partial charge in [0.1, 0.15) is 6.04 Å². The Morgan fingerprint density at radius 1 is 1.35 bits per heavy atom. The number of carbonyl (C=O) groups excluding carboxylic acids is 3. The summed E-state index contributed by atoms with van der Waals surface area (Å²) in [5, 5.41) is 9.47. The van der Waals surface area contributed by atoms with Crippen LogP contribution in [0.15, 0.2) is 43.0 Å². The normalized spacial score (nSPS) is 31.4. The molecule has 1 aromatic rings. The molecule has 2 amide bonds. The highest BCUT2D eigenvalue weighted by molar-refractivity contribution is 8.02. The third kappa shape index (κ3) is 3.94. The lowest BCUT2D eigenvalue weighted by Crippen LogP contribution is -2.57. The van der Waals surface area contributed by atoms with Crippen molar-refractivity contribution in [3.05, 3.63) is 48.6 Å². The lowest BCUT2D eigenvalue weighted by Gasteiger charge is -2.40. The van der Waals surface area contributed by atoms with Gasteiger partial charge in [-0.1, -0.05) is 43.3 Å². The van der Waals surface area contributed by atoms with E-state index in [0.717, 1.165) is 12.0 Å². The molecule has 3 aliphatic heterocycles. The second kappa shape index (κ2) is 10.1. The topological polar surface area (TPSA) is 87.2 Å².